The number of rotatable bonds is 5. The first-order valence-corrected chi connectivity index (χ1v) is 8.69. The lowest BCUT2D eigenvalue weighted by Gasteiger charge is -2.23. The number of benzene rings is 1. The van der Waals surface area contributed by atoms with Gasteiger partial charge in [-0.15, -0.1) is 11.7 Å². The van der Waals surface area contributed by atoms with Gasteiger partial charge in [0.2, 0.25) is 0 Å². The van der Waals surface area contributed by atoms with Gasteiger partial charge < -0.3 is 10.5 Å². The lowest BCUT2D eigenvalue weighted by atomic mass is 10.1. The predicted molar refractivity (Wildman–Crippen MR) is 97.1 cm³/mol. The third-order valence-electron chi connectivity index (χ3n) is 4.58. The number of hydrogen-bond donors (Lipinski definition) is 1. The molecule has 1 unspecified atom stereocenters. The smallest absolute Gasteiger partial charge is 0.252 e. The number of aromatic nitrogens is 3. The van der Waals surface area contributed by atoms with Crippen LogP contribution in [0.1, 0.15) is 35.7 Å². The molecule has 1 aromatic carbocycles. The van der Waals surface area contributed by atoms with E-state index in [0.29, 0.717) is 21.8 Å². The van der Waals surface area contributed by atoms with Crippen molar-refractivity contribution in [2.45, 2.75) is 25.3 Å². The zero-order valence-corrected chi connectivity index (χ0v) is 15.0. The summed E-state index contributed by atoms with van der Waals surface area (Å²) >= 11 is 6.45. The topological polar surface area (TPSA) is 86.3 Å². The maximum absolute atomic E-state index is 11.7. The second kappa shape index (κ2) is 7.41. The molecular weight excluding hydrogens is 342 g/mol. The lowest BCUT2D eigenvalue weighted by molar-refractivity contribution is 0.0997. The Bertz CT molecular complexity index is 804. The van der Waals surface area contributed by atoms with Gasteiger partial charge in [0.05, 0.1) is 23.7 Å². The lowest BCUT2D eigenvalue weighted by Crippen LogP contribution is -2.30. The van der Waals surface area contributed by atoms with E-state index in [1.54, 1.807) is 0 Å². The Morgan fingerprint density at radius 3 is 3.04 bits per heavy atom. The van der Waals surface area contributed by atoms with Crippen molar-refractivity contribution in [1.29, 1.82) is 0 Å². The highest BCUT2D eigenvalue weighted by Gasteiger charge is 2.26. The number of nitrogens with two attached hydrogens (primary N) is 1. The largest absolute Gasteiger partial charge is 0.493 e. The Labute approximate surface area is 151 Å². The number of methoxy groups -OCH3 is 1. The van der Waals surface area contributed by atoms with E-state index in [1.807, 2.05) is 10.8 Å². The fourth-order valence-corrected chi connectivity index (χ4v) is 3.73. The van der Waals surface area contributed by atoms with Crippen LogP contribution in [0, 0.1) is 0 Å². The van der Waals surface area contributed by atoms with Crippen molar-refractivity contribution in [2.24, 2.45) is 5.73 Å². The number of fused-ring (bicyclic) bond motifs is 1. The SMILES string of the molecule is C=CCN1CCCCC(n2nnc3c(OC)c(C(N)=O)cc(Cl)c32)C1. The molecule has 134 valence electrons. The average molecular weight is 364 g/mol. The molecule has 3 rings (SSSR count). The van der Waals surface area contributed by atoms with Crippen molar-refractivity contribution in [1.82, 2.24) is 19.9 Å². The molecule has 8 heteroatoms. The molecule has 1 atom stereocenters. The molecule has 25 heavy (non-hydrogen) atoms. The molecule has 2 aromatic rings. The molecule has 1 amide bonds. The van der Waals surface area contributed by atoms with E-state index in [-0.39, 0.29) is 11.6 Å². The summed E-state index contributed by atoms with van der Waals surface area (Å²) in [5.41, 5.74) is 6.77. The van der Waals surface area contributed by atoms with Gasteiger partial charge >= 0.3 is 0 Å². The summed E-state index contributed by atoms with van der Waals surface area (Å²) in [5, 5.41) is 8.95. The average Bonchev–Trinajstić information content (AvgIpc) is 2.90. The van der Waals surface area contributed by atoms with Crippen LogP contribution in [0.3, 0.4) is 0 Å². The minimum Gasteiger partial charge on any atom is -0.493 e. The predicted octanol–water partition coefficient (Wildman–Crippen LogP) is 2.41. The third-order valence-corrected chi connectivity index (χ3v) is 4.87. The quantitative estimate of drug-likeness (QED) is 0.824. The van der Waals surface area contributed by atoms with E-state index in [9.17, 15) is 4.79 Å². The van der Waals surface area contributed by atoms with E-state index in [0.717, 1.165) is 38.9 Å². The molecule has 1 aliphatic heterocycles. The monoisotopic (exact) mass is 363 g/mol. The fraction of sp³-hybridized carbons (Fsp3) is 0.471. The molecule has 7 nitrogen and oxygen atoms in total. The van der Waals surface area contributed by atoms with Gasteiger partial charge in [-0.05, 0) is 25.5 Å². The highest BCUT2D eigenvalue weighted by molar-refractivity contribution is 6.35. The van der Waals surface area contributed by atoms with Crippen LogP contribution in [0.4, 0.5) is 0 Å². The first-order chi connectivity index (χ1) is 12.1. The molecule has 0 spiro atoms. The summed E-state index contributed by atoms with van der Waals surface area (Å²) in [6, 6.07) is 1.68. The highest BCUT2D eigenvalue weighted by Crippen LogP contribution is 2.36. The number of carbonyl (C=O) groups is 1. The number of halogens is 1. The number of carbonyl (C=O) groups excluding carboxylic acids is 1. The van der Waals surface area contributed by atoms with Crippen LogP contribution >= 0.6 is 11.6 Å². The van der Waals surface area contributed by atoms with Gasteiger partial charge in [-0.25, -0.2) is 4.68 Å². The molecule has 2 heterocycles. The van der Waals surface area contributed by atoms with E-state index >= 15 is 0 Å². The van der Waals surface area contributed by atoms with E-state index < -0.39 is 5.91 Å². The Morgan fingerprint density at radius 2 is 2.36 bits per heavy atom. The maximum atomic E-state index is 11.7. The van der Waals surface area contributed by atoms with Crippen LogP contribution in [0.15, 0.2) is 18.7 Å². The van der Waals surface area contributed by atoms with Crippen LogP contribution in [0.2, 0.25) is 5.02 Å². The molecule has 0 aliphatic carbocycles. The number of amides is 1. The van der Waals surface area contributed by atoms with Gasteiger partial charge in [-0.2, -0.15) is 0 Å². The van der Waals surface area contributed by atoms with Crippen LogP contribution < -0.4 is 10.5 Å². The van der Waals surface area contributed by atoms with Crippen LogP contribution in [-0.2, 0) is 0 Å². The highest BCUT2D eigenvalue weighted by atomic mass is 35.5. The molecule has 0 saturated carbocycles. The Morgan fingerprint density at radius 1 is 1.56 bits per heavy atom. The number of ether oxygens (including phenoxy) is 1. The van der Waals surface area contributed by atoms with Gasteiger partial charge in [0.25, 0.3) is 5.91 Å². The third kappa shape index (κ3) is 3.34. The zero-order valence-electron chi connectivity index (χ0n) is 14.2. The standard InChI is InChI=1S/C17H22ClN5O2/c1-3-7-22-8-5-4-6-11(10-22)23-15-13(18)9-12(17(19)24)16(25-2)14(15)20-21-23/h3,9,11H,1,4-8,10H2,2H3,(H2,19,24). The molecule has 1 fully saturated rings. The van der Waals surface area contributed by atoms with Gasteiger partial charge in [-0.1, -0.05) is 29.3 Å². The second-order valence-electron chi connectivity index (χ2n) is 6.23. The van der Waals surface area contributed by atoms with Crippen LogP contribution in [0.25, 0.3) is 11.0 Å². The summed E-state index contributed by atoms with van der Waals surface area (Å²) in [6.45, 7) is 6.56. The Kier molecular flexibility index (Phi) is 5.24. The Balaban J connectivity index is 2.08. The normalized spacial score (nSPS) is 18.9. The number of hydrogen-bond acceptors (Lipinski definition) is 5. The molecule has 2 N–H and O–H groups in total. The van der Waals surface area contributed by atoms with Crippen molar-refractivity contribution in [3.8, 4) is 5.75 Å². The summed E-state index contributed by atoms with van der Waals surface area (Å²) in [7, 11) is 1.48. The molecule has 0 radical (unpaired) electrons. The minimum absolute atomic E-state index is 0.147. The van der Waals surface area contributed by atoms with Gasteiger partial charge in [0.1, 0.15) is 5.52 Å². The summed E-state index contributed by atoms with van der Waals surface area (Å²) < 4.78 is 7.21. The minimum atomic E-state index is -0.609. The molecule has 1 aliphatic rings. The molecule has 1 aromatic heterocycles. The van der Waals surface area contributed by atoms with Crippen molar-refractivity contribution in [3.63, 3.8) is 0 Å². The molecule has 1 saturated heterocycles. The first kappa shape index (κ1) is 17.7. The number of likely N-dealkylation sites (tertiary alicyclic amines) is 1. The van der Waals surface area contributed by atoms with Crippen molar-refractivity contribution in [2.75, 3.05) is 26.7 Å². The Hall–Kier alpha value is -2.12. The summed E-state index contributed by atoms with van der Waals surface area (Å²) in [6.07, 6.45) is 5.15. The molecular formula is C17H22ClN5O2. The molecule has 0 bridgehead atoms. The van der Waals surface area contributed by atoms with Crippen molar-refractivity contribution in [3.05, 3.63) is 29.3 Å². The van der Waals surface area contributed by atoms with Crippen molar-refractivity contribution >= 4 is 28.5 Å². The van der Waals surface area contributed by atoms with Gasteiger partial charge in [0.15, 0.2) is 11.3 Å². The van der Waals surface area contributed by atoms with Crippen LogP contribution in [0.5, 0.6) is 5.75 Å². The van der Waals surface area contributed by atoms with Gasteiger partial charge in [0, 0.05) is 13.1 Å². The summed E-state index contributed by atoms with van der Waals surface area (Å²) in [4.78, 5) is 14.0. The summed E-state index contributed by atoms with van der Waals surface area (Å²) in [5.74, 6) is -0.295. The van der Waals surface area contributed by atoms with E-state index in [4.69, 9.17) is 22.1 Å². The van der Waals surface area contributed by atoms with E-state index in [2.05, 4.69) is 21.8 Å². The number of primary amides is 1. The van der Waals surface area contributed by atoms with E-state index in [1.165, 1.54) is 13.2 Å². The van der Waals surface area contributed by atoms with Crippen LogP contribution in [-0.4, -0.2) is 52.5 Å². The maximum Gasteiger partial charge on any atom is 0.252 e. The first-order valence-electron chi connectivity index (χ1n) is 8.31. The number of nitrogens with zero attached hydrogens (tertiary/aromatic N) is 4. The fourth-order valence-electron chi connectivity index (χ4n) is 3.45. The van der Waals surface area contributed by atoms with Crippen molar-refractivity contribution < 1.29 is 9.53 Å². The van der Waals surface area contributed by atoms with Gasteiger partial charge in [-0.3, -0.25) is 9.69 Å². The second-order valence-corrected chi connectivity index (χ2v) is 6.64. The zero-order chi connectivity index (χ0) is 18.0.